The number of hydrogen-bond acceptors (Lipinski definition) is 5. The number of Topliss-reactive ketones (excluding diaryl/α,β-unsaturated/α-hetero) is 1. The van der Waals surface area contributed by atoms with E-state index in [4.69, 9.17) is 4.74 Å². The van der Waals surface area contributed by atoms with Crippen LogP contribution in [0.3, 0.4) is 0 Å². The molecule has 4 nitrogen and oxygen atoms in total. The van der Waals surface area contributed by atoms with Gasteiger partial charge in [0.1, 0.15) is 5.78 Å². The van der Waals surface area contributed by atoms with E-state index in [1.807, 2.05) is 29.5 Å². The molecular formula is C27H30N2O2S. The van der Waals surface area contributed by atoms with E-state index in [0.717, 1.165) is 51.0 Å². The summed E-state index contributed by atoms with van der Waals surface area (Å²) in [5.41, 5.74) is 3.76. The largest absolute Gasteiger partial charge is 0.381 e. The van der Waals surface area contributed by atoms with Crippen molar-refractivity contribution in [3.05, 3.63) is 71.4 Å². The average molecular weight is 447 g/mol. The Labute approximate surface area is 193 Å². The molecule has 0 saturated carbocycles. The Morgan fingerprint density at radius 2 is 2.06 bits per heavy atom. The van der Waals surface area contributed by atoms with Crippen molar-refractivity contribution >= 4 is 32.8 Å². The molecule has 166 valence electrons. The molecule has 2 aliphatic rings. The summed E-state index contributed by atoms with van der Waals surface area (Å²) in [4.78, 5) is 20.4. The summed E-state index contributed by atoms with van der Waals surface area (Å²) < 4.78 is 6.87. The van der Waals surface area contributed by atoms with Gasteiger partial charge >= 0.3 is 0 Å². The number of nitrogens with zero attached hydrogens (tertiary/aromatic N) is 2. The van der Waals surface area contributed by atoms with Gasteiger partial charge in [-0.05, 0) is 72.3 Å². The predicted octanol–water partition coefficient (Wildman–Crippen LogP) is 5.56. The highest BCUT2D eigenvalue weighted by molar-refractivity contribution is 7.17. The molecule has 0 bridgehead atoms. The topological polar surface area (TPSA) is 42.4 Å². The number of rotatable bonds is 7. The molecule has 5 heteroatoms. The van der Waals surface area contributed by atoms with Crippen LogP contribution in [0.1, 0.15) is 42.9 Å². The van der Waals surface area contributed by atoms with Crippen molar-refractivity contribution in [1.29, 1.82) is 0 Å². The second-order valence-corrected chi connectivity index (χ2v) is 9.73. The predicted molar refractivity (Wildman–Crippen MR) is 131 cm³/mol. The molecule has 0 aliphatic carbocycles. The van der Waals surface area contributed by atoms with Crippen molar-refractivity contribution in [1.82, 2.24) is 9.88 Å². The lowest BCUT2D eigenvalue weighted by atomic mass is 9.83. The fourth-order valence-electron chi connectivity index (χ4n) is 5.00. The zero-order valence-electron chi connectivity index (χ0n) is 18.4. The smallest absolute Gasteiger partial charge is 0.145 e. The summed E-state index contributed by atoms with van der Waals surface area (Å²) >= 11 is 1.83. The minimum absolute atomic E-state index is 0.106. The summed E-state index contributed by atoms with van der Waals surface area (Å²) in [5.74, 6) is 0.337. The van der Waals surface area contributed by atoms with Crippen LogP contribution in [0.5, 0.6) is 0 Å². The van der Waals surface area contributed by atoms with Crippen molar-refractivity contribution in [3.8, 4) is 0 Å². The Morgan fingerprint density at radius 1 is 1.16 bits per heavy atom. The zero-order chi connectivity index (χ0) is 21.8. The maximum atomic E-state index is 13.4. The number of pyridine rings is 1. The molecule has 5 rings (SSSR count). The van der Waals surface area contributed by atoms with Gasteiger partial charge < -0.3 is 4.74 Å². The Balaban J connectivity index is 1.26. The van der Waals surface area contributed by atoms with Crippen molar-refractivity contribution in [2.75, 3.05) is 32.8 Å². The lowest BCUT2D eigenvalue weighted by molar-refractivity contribution is -0.127. The Kier molecular flexibility index (Phi) is 6.77. The summed E-state index contributed by atoms with van der Waals surface area (Å²) in [7, 11) is 0. The Morgan fingerprint density at radius 3 is 2.84 bits per heavy atom. The van der Waals surface area contributed by atoms with Crippen molar-refractivity contribution in [2.24, 2.45) is 5.92 Å². The van der Waals surface area contributed by atoms with E-state index in [9.17, 15) is 4.79 Å². The monoisotopic (exact) mass is 446 g/mol. The number of thiophene rings is 1. The molecule has 1 fully saturated rings. The van der Waals surface area contributed by atoms with Gasteiger partial charge in [-0.25, -0.2) is 0 Å². The summed E-state index contributed by atoms with van der Waals surface area (Å²) in [6, 6.07) is 14.7. The second kappa shape index (κ2) is 10.1. The molecule has 2 aliphatic heterocycles. The minimum Gasteiger partial charge on any atom is -0.381 e. The second-order valence-electron chi connectivity index (χ2n) is 8.81. The van der Waals surface area contributed by atoms with Crippen LogP contribution in [0, 0.1) is 5.92 Å². The fourth-order valence-corrected chi connectivity index (χ4v) is 5.95. The Hall–Kier alpha value is -2.34. The molecule has 4 heterocycles. The summed E-state index contributed by atoms with van der Waals surface area (Å²) in [6.45, 7) is 4.29. The van der Waals surface area contributed by atoms with E-state index >= 15 is 0 Å². The van der Waals surface area contributed by atoms with Gasteiger partial charge in [0.05, 0.1) is 11.6 Å². The average Bonchev–Trinajstić information content (AvgIpc) is 3.35. The number of ether oxygens (including phenoxy) is 1. The van der Waals surface area contributed by atoms with E-state index in [1.165, 1.54) is 21.2 Å². The van der Waals surface area contributed by atoms with Gasteiger partial charge in [0.15, 0.2) is 0 Å². The van der Waals surface area contributed by atoms with Crippen LogP contribution in [-0.2, 0) is 9.53 Å². The van der Waals surface area contributed by atoms with E-state index in [2.05, 4.69) is 45.6 Å². The van der Waals surface area contributed by atoms with Gasteiger partial charge in [-0.2, -0.15) is 0 Å². The number of benzene rings is 1. The molecule has 2 aromatic heterocycles. The molecule has 1 unspecified atom stereocenters. The number of hydrogen-bond donors (Lipinski definition) is 0. The lowest BCUT2D eigenvalue weighted by Crippen LogP contribution is -2.33. The SMILES string of the molecule is O=C(C1CCOCC1)C(CCN1CC=C(c2cccc3ccsc23)CC1)c1ccccn1. The van der Waals surface area contributed by atoms with Gasteiger partial charge in [0.2, 0.25) is 0 Å². The maximum Gasteiger partial charge on any atom is 0.145 e. The minimum atomic E-state index is -0.121. The molecule has 3 aromatic rings. The quantitative estimate of drug-likeness (QED) is 0.477. The first kappa shape index (κ1) is 21.5. The van der Waals surface area contributed by atoms with Crippen LogP contribution < -0.4 is 0 Å². The highest BCUT2D eigenvalue weighted by Gasteiger charge is 2.30. The number of fused-ring (bicyclic) bond motifs is 1. The first-order valence-corrected chi connectivity index (χ1v) is 12.6. The highest BCUT2D eigenvalue weighted by atomic mass is 32.1. The van der Waals surface area contributed by atoms with Crippen molar-refractivity contribution in [2.45, 2.75) is 31.6 Å². The molecule has 0 amide bonds. The van der Waals surface area contributed by atoms with Crippen LogP contribution in [0.4, 0.5) is 0 Å². The van der Waals surface area contributed by atoms with E-state index < -0.39 is 0 Å². The maximum absolute atomic E-state index is 13.4. The molecule has 0 N–H and O–H groups in total. The first-order valence-electron chi connectivity index (χ1n) is 11.7. The standard InChI is InChI=1S/C27H30N2O2S/c30-26(21-10-17-31-18-11-21)24(25-6-1-2-13-28-25)9-16-29-14-7-20(8-15-29)23-5-3-4-22-12-19-32-27(22)23/h1-7,12-13,19,21,24H,8-11,14-18H2. The third kappa shape index (κ3) is 4.70. The molecule has 1 saturated heterocycles. The first-order chi connectivity index (χ1) is 15.8. The third-order valence-corrected chi connectivity index (χ3v) is 7.83. The van der Waals surface area contributed by atoms with Gasteiger partial charge in [-0.1, -0.05) is 30.3 Å². The van der Waals surface area contributed by atoms with Crippen LogP contribution >= 0.6 is 11.3 Å². The number of carbonyl (C=O) groups is 1. The third-order valence-electron chi connectivity index (χ3n) is 6.86. The van der Waals surface area contributed by atoms with E-state index in [-0.39, 0.29) is 11.8 Å². The van der Waals surface area contributed by atoms with Gasteiger partial charge in [-0.3, -0.25) is 14.7 Å². The summed E-state index contributed by atoms with van der Waals surface area (Å²) in [5, 5.41) is 3.51. The normalized spacial score (nSPS) is 19.1. The van der Waals surface area contributed by atoms with E-state index in [1.54, 1.807) is 6.20 Å². The molecular weight excluding hydrogens is 416 g/mol. The van der Waals surface area contributed by atoms with Gasteiger partial charge in [0.25, 0.3) is 0 Å². The Bertz CT molecular complexity index is 1090. The summed E-state index contributed by atoms with van der Waals surface area (Å²) in [6.07, 6.45) is 7.75. The number of ketones is 1. The lowest BCUT2D eigenvalue weighted by Gasteiger charge is -2.29. The van der Waals surface area contributed by atoms with Crippen LogP contribution in [0.15, 0.2) is 60.1 Å². The molecule has 0 radical (unpaired) electrons. The van der Waals surface area contributed by atoms with Crippen molar-refractivity contribution in [3.63, 3.8) is 0 Å². The molecule has 32 heavy (non-hydrogen) atoms. The zero-order valence-corrected chi connectivity index (χ0v) is 19.2. The van der Waals surface area contributed by atoms with Gasteiger partial charge in [0, 0.05) is 43.1 Å². The highest BCUT2D eigenvalue weighted by Crippen LogP contribution is 2.33. The number of carbonyl (C=O) groups excluding carboxylic acids is 1. The van der Waals surface area contributed by atoms with Crippen LogP contribution in [0.25, 0.3) is 15.7 Å². The molecule has 1 atom stereocenters. The van der Waals surface area contributed by atoms with Crippen LogP contribution in [-0.4, -0.2) is 48.5 Å². The number of aromatic nitrogens is 1. The van der Waals surface area contributed by atoms with Gasteiger partial charge in [-0.15, -0.1) is 11.3 Å². The van der Waals surface area contributed by atoms with E-state index in [0.29, 0.717) is 19.0 Å². The van der Waals surface area contributed by atoms with Crippen LogP contribution in [0.2, 0.25) is 0 Å². The van der Waals surface area contributed by atoms with Crippen molar-refractivity contribution < 1.29 is 9.53 Å². The molecule has 0 spiro atoms. The molecule has 1 aromatic carbocycles. The fraction of sp³-hybridized carbons (Fsp3) is 0.407.